The lowest BCUT2D eigenvalue weighted by atomic mass is 10.2. The van der Waals surface area contributed by atoms with E-state index in [0.29, 0.717) is 26.2 Å². The fourth-order valence-electron chi connectivity index (χ4n) is 6.48. The number of rotatable bonds is 8. The minimum atomic E-state index is -0.0536. The van der Waals surface area contributed by atoms with Crippen molar-refractivity contribution >= 4 is 12.1 Å². The van der Waals surface area contributed by atoms with Crippen molar-refractivity contribution in [1.29, 1.82) is 0 Å². The van der Waals surface area contributed by atoms with Crippen LogP contribution in [-0.2, 0) is 13.1 Å². The molecule has 0 radical (unpaired) electrons. The molecule has 4 aromatic carbocycles. The number of nitrogens with zero attached hydrogens (tertiary/aromatic N) is 8. The Morgan fingerprint density at radius 1 is 0.526 bits per heavy atom. The molecule has 12 nitrogen and oxygen atoms in total. The third-order valence-corrected chi connectivity index (χ3v) is 9.51. The molecule has 0 unspecified atom stereocenters. The Morgan fingerprint density at radius 3 is 1.33 bits per heavy atom. The van der Waals surface area contributed by atoms with E-state index in [2.05, 4.69) is 44.3 Å². The molecule has 4 heterocycles. The summed E-state index contributed by atoms with van der Waals surface area (Å²) in [5.74, 6) is 3.34. The van der Waals surface area contributed by atoms with Gasteiger partial charge in [0.25, 0.3) is 0 Å². The van der Waals surface area contributed by atoms with Crippen molar-refractivity contribution in [3.05, 3.63) is 157 Å². The maximum absolute atomic E-state index is 12.5. The number of piperazine rings is 2. The average molecular weight is 769 g/mol. The van der Waals surface area contributed by atoms with E-state index in [4.69, 9.17) is 9.47 Å². The molecule has 6 aromatic rings. The van der Waals surface area contributed by atoms with Crippen molar-refractivity contribution in [3.8, 4) is 23.0 Å². The van der Waals surface area contributed by atoms with Crippen LogP contribution in [0.3, 0.4) is 0 Å². The van der Waals surface area contributed by atoms with Crippen molar-refractivity contribution in [2.75, 3.05) is 52.4 Å². The summed E-state index contributed by atoms with van der Waals surface area (Å²) < 4.78 is 14.5. The van der Waals surface area contributed by atoms with Gasteiger partial charge in [0.1, 0.15) is 23.0 Å². The van der Waals surface area contributed by atoms with E-state index in [1.54, 1.807) is 30.9 Å². The Morgan fingerprint density at radius 2 is 0.947 bits per heavy atom. The van der Waals surface area contributed by atoms with Gasteiger partial charge in [0.05, 0.1) is 6.20 Å². The van der Waals surface area contributed by atoms with Gasteiger partial charge >= 0.3 is 12.1 Å². The standard InChI is InChI=1S/C22H24N4O2.C21H22N4O2.C2H6/c1-18-15-23-26(16-18)22(27)25-13-11-24(12-14-25)17-19-7-9-21(10-8-19)28-20-5-3-2-4-6-20;26-21(25-12-4-11-22-25)24-15-13-23(14-16-24)17-18-7-9-20(10-8-18)27-19-5-2-1-3-6-19;1-2/h2-10,15-16H,11-14,17H2,1H3;1-12H,13-17H2;1-2H3. The van der Waals surface area contributed by atoms with Crippen LogP contribution in [0.2, 0.25) is 0 Å². The highest BCUT2D eigenvalue weighted by Gasteiger charge is 2.24. The Bertz CT molecular complexity index is 2070. The number of amides is 2. The lowest BCUT2D eigenvalue weighted by Gasteiger charge is -2.34. The Kier molecular flexibility index (Phi) is 14.6. The molecule has 2 aliphatic rings. The molecule has 0 saturated carbocycles. The molecule has 2 fully saturated rings. The van der Waals surface area contributed by atoms with Gasteiger partial charge in [0.15, 0.2) is 0 Å². The number of benzene rings is 4. The van der Waals surface area contributed by atoms with E-state index in [0.717, 1.165) is 67.8 Å². The topological polar surface area (TPSA) is 101 Å². The lowest BCUT2D eigenvalue weighted by molar-refractivity contribution is 0.134. The van der Waals surface area contributed by atoms with E-state index < -0.39 is 0 Å². The first-order valence-electron chi connectivity index (χ1n) is 19.6. The van der Waals surface area contributed by atoms with Crippen LogP contribution in [-0.4, -0.2) is 104 Å². The van der Waals surface area contributed by atoms with Crippen LogP contribution in [0, 0.1) is 6.92 Å². The van der Waals surface area contributed by atoms with Crippen LogP contribution >= 0.6 is 0 Å². The fourth-order valence-corrected chi connectivity index (χ4v) is 6.48. The van der Waals surface area contributed by atoms with Gasteiger partial charge in [-0.05, 0) is 78.2 Å². The molecule has 2 saturated heterocycles. The molecule has 2 amide bonds. The molecule has 0 aliphatic carbocycles. The Labute approximate surface area is 335 Å². The van der Waals surface area contributed by atoms with E-state index >= 15 is 0 Å². The highest BCUT2D eigenvalue weighted by atomic mass is 16.5. The zero-order chi connectivity index (χ0) is 39.8. The third kappa shape index (κ3) is 11.9. The van der Waals surface area contributed by atoms with Crippen molar-refractivity contribution in [1.82, 2.24) is 39.2 Å². The van der Waals surface area contributed by atoms with E-state index in [9.17, 15) is 9.59 Å². The summed E-state index contributed by atoms with van der Waals surface area (Å²) in [5, 5.41) is 8.13. The molecule has 0 spiro atoms. The number of ether oxygens (including phenoxy) is 2. The summed E-state index contributed by atoms with van der Waals surface area (Å²) in [6.07, 6.45) is 6.79. The molecular weight excluding hydrogens is 717 g/mol. The summed E-state index contributed by atoms with van der Waals surface area (Å²) in [4.78, 5) is 33.2. The quantitative estimate of drug-likeness (QED) is 0.153. The largest absolute Gasteiger partial charge is 0.457 e. The first-order chi connectivity index (χ1) is 27.9. The zero-order valence-corrected chi connectivity index (χ0v) is 33.1. The van der Waals surface area contributed by atoms with Crippen LogP contribution in [0.25, 0.3) is 0 Å². The molecule has 0 atom stereocenters. The van der Waals surface area contributed by atoms with Gasteiger partial charge in [-0.1, -0.05) is 74.5 Å². The number of aryl methyl sites for hydroxylation is 1. The van der Waals surface area contributed by atoms with Crippen molar-refractivity contribution in [2.45, 2.75) is 33.9 Å². The minimum absolute atomic E-state index is 0.0461. The molecule has 296 valence electrons. The molecule has 2 aromatic heterocycles. The Balaban J connectivity index is 0.000000185. The maximum atomic E-state index is 12.5. The minimum Gasteiger partial charge on any atom is -0.457 e. The number of para-hydroxylation sites is 2. The fraction of sp³-hybridized carbons (Fsp3) is 0.289. The van der Waals surface area contributed by atoms with Crippen LogP contribution in [0.5, 0.6) is 23.0 Å². The van der Waals surface area contributed by atoms with E-state index in [1.807, 2.05) is 116 Å². The second-order valence-corrected chi connectivity index (χ2v) is 13.6. The summed E-state index contributed by atoms with van der Waals surface area (Å²) in [6.45, 7) is 14.0. The first-order valence-corrected chi connectivity index (χ1v) is 19.6. The zero-order valence-electron chi connectivity index (χ0n) is 33.1. The highest BCUT2D eigenvalue weighted by molar-refractivity contribution is 5.76. The van der Waals surface area contributed by atoms with Crippen molar-refractivity contribution in [2.24, 2.45) is 0 Å². The Hall–Kier alpha value is -6.24. The van der Waals surface area contributed by atoms with Crippen LogP contribution in [0.4, 0.5) is 9.59 Å². The molecule has 8 rings (SSSR count). The molecular formula is C45H52N8O4. The number of hydrogen-bond acceptors (Lipinski definition) is 8. The number of carbonyl (C=O) groups excluding carboxylic acids is 2. The third-order valence-electron chi connectivity index (χ3n) is 9.51. The van der Waals surface area contributed by atoms with Gasteiger partial charge in [-0.25, -0.2) is 9.59 Å². The normalized spacial score (nSPS) is 14.4. The summed E-state index contributed by atoms with van der Waals surface area (Å²) in [5.41, 5.74) is 3.47. The number of carbonyl (C=O) groups is 2. The summed E-state index contributed by atoms with van der Waals surface area (Å²) in [6, 6.07) is 37.6. The molecule has 57 heavy (non-hydrogen) atoms. The molecule has 0 bridgehead atoms. The van der Waals surface area contributed by atoms with Gasteiger partial charge in [-0.15, -0.1) is 0 Å². The monoisotopic (exact) mass is 768 g/mol. The SMILES string of the molecule is CC.Cc1cnn(C(=O)N2CCN(Cc3ccc(Oc4ccccc4)cc3)CC2)c1.O=C(N1CCN(Cc2ccc(Oc3ccccc3)cc2)CC1)n1cccn1. The lowest BCUT2D eigenvalue weighted by Crippen LogP contribution is -2.49. The van der Waals surface area contributed by atoms with Crippen LogP contribution < -0.4 is 9.47 Å². The number of hydrogen-bond donors (Lipinski definition) is 0. The summed E-state index contributed by atoms with van der Waals surface area (Å²) in [7, 11) is 0. The van der Waals surface area contributed by atoms with Crippen molar-refractivity contribution in [3.63, 3.8) is 0 Å². The smallest absolute Gasteiger partial charge is 0.344 e. The average Bonchev–Trinajstić information content (AvgIpc) is 3.97. The number of aromatic nitrogens is 4. The van der Waals surface area contributed by atoms with Gasteiger partial charge in [0, 0.05) is 84.0 Å². The van der Waals surface area contributed by atoms with Crippen LogP contribution in [0.1, 0.15) is 30.5 Å². The van der Waals surface area contributed by atoms with E-state index in [-0.39, 0.29) is 12.1 Å². The van der Waals surface area contributed by atoms with Gasteiger partial charge < -0.3 is 19.3 Å². The first kappa shape index (κ1) is 40.4. The van der Waals surface area contributed by atoms with Gasteiger partial charge in [-0.2, -0.15) is 19.6 Å². The van der Waals surface area contributed by atoms with Gasteiger partial charge in [0.2, 0.25) is 0 Å². The molecule has 2 aliphatic heterocycles. The van der Waals surface area contributed by atoms with Gasteiger partial charge in [-0.3, -0.25) is 9.80 Å². The van der Waals surface area contributed by atoms with Crippen LogP contribution in [0.15, 0.2) is 140 Å². The second-order valence-electron chi connectivity index (χ2n) is 13.6. The predicted molar refractivity (Wildman–Crippen MR) is 222 cm³/mol. The molecule has 0 N–H and O–H groups in total. The van der Waals surface area contributed by atoms with Crippen molar-refractivity contribution < 1.29 is 19.1 Å². The second kappa shape index (κ2) is 20.6. The highest BCUT2D eigenvalue weighted by Crippen LogP contribution is 2.23. The summed E-state index contributed by atoms with van der Waals surface area (Å²) >= 11 is 0. The maximum Gasteiger partial charge on any atom is 0.344 e. The van der Waals surface area contributed by atoms with E-state index in [1.165, 1.54) is 20.5 Å². The molecule has 12 heteroatoms. The predicted octanol–water partition coefficient (Wildman–Crippen LogP) is 8.26.